The van der Waals surface area contributed by atoms with Crippen molar-refractivity contribution in [3.8, 4) is 11.1 Å². The van der Waals surface area contributed by atoms with Crippen LogP contribution in [0.1, 0.15) is 37.1 Å². The minimum absolute atomic E-state index is 0.163. The number of rotatable bonds is 6. The normalized spacial score (nSPS) is 18.2. The van der Waals surface area contributed by atoms with E-state index in [9.17, 15) is 4.79 Å². The molecule has 2 saturated carbocycles. The molecule has 0 unspecified atom stereocenters. The van der Waals surface area contributed by atoms with E-state index in [-0.39, 0.29) is 5.91 Å². The van der Waals surface area contributed by atoms with Crippen LogP contribution in [0, 0.1) is 31.6 Å². The van der Waals surface area contributed by atoms with Crippen molar-refractivity contribution in [2.24, 2.45) is 23.5 Å². The van der Waals surface area contributed by atoms with Gasteiger partial charge in [0.15, 0.2) is 0 Å². The molecule has 2 aliphatic rings. The topological polar surface area (TPSA) is 123 Å². The van der Waals surface area contributed by atoms with Crippen LogP contribution in [0.2, 0.25) is 0 Å². The Labute approximate surface area is 152 Å². The summed E-state index contributed by atoms with van der Waals surface area (Å²) in [6.07, 6.45) is 4.80. The number of nitrogens with two attached hydrogens (primary N) is 2. The predicted molar refractivity (Wildman–Crippen MR) is 101 cm³/mol. The van der Waals surface area contributed by atoms with Gasteiger partial charge in [0.1, 0.15) is 11.6 Å². The second kappa shape index (κ2) is 6.39. The molecule has 2 fully saturated rings. The molecule has 6 N–H and O–H groups in total. The first-order valence-corrected chi connectivity index (χ1v) is 9.30. The van der Waals surface area contributed by atoms with E-state index in [1.165, 1.54) is 25.7 Å². The number of aromatic nitrogens is 3. The van der Waals surface area contributed by atoms with Gasteiger partial charge in [-0.25, -0.2) is 4.98 Å². The molecule has 138 valence electrons. The quantitative estimate of drug-likeness (QED) is 0.634. The molecular formula is C19H26N6O. The Hall–Kier alpha value is -2.41. The Morgan fingerprint density at radius 1 is 1.23 bits per heavy atom. The summed E-state index contributed by atoms with van der Waals surface area (Å²) in [5.41, 5.74) is 16.0. The third kappa shape index (κ3) is 3.19. The monoisotopic (exact) mass is 354 g/mol. The van der Waals surface area contributed by atoms with Gasteiger partial charge in [0.2, 0.25) is 5.91 Å². The lowest BCUT2D eigenvalue weighted by atomic mass is 9.89. The summed E-state index contributed by atoms with van der Waals surface area (Å²) < 4.78 is 0. The summed E-state index contributed by atoms with van der Waals surface area (Å²) in [7, 11) is 0. The Bertz CT molecular complexity index is 805. The van der Waals surface area contributed by atoms with E-state index in [0.717, 1.165) is 22.5 Å². The number of nitrogens with one attached hydrogen (secondary N) is 2. The maximum absolute atomic E-state index is 12.6. The molecule has 4 rings (SSSR count). The van der Waals surface area contributed by atoms with Gasteiger partial charge in [-0.05, 0) is 69.4 Å². The SMILES string of the molecule is Cc1n[nH]c(C)c1-c1ccc(NC(=O)[C@@H](N)C(C2CC2)C2CC2)nc1N. The zero-order valence-electron chi connectivity index (χ0n) is 15.2. The number of hydrogen-bond acceptors (Lipinski definition) is 5. The Kier molecular flexibility index (Phi) is 4.19. The van der Waals surface area contributed by atoms with E-state index in [0.29, 0.717) is 29.4 Å². The van der Waals surface area contributed by atoms with Gasteiger partial charge in [-0.2, -0.15) is 5.10 Å². The molecule has 0 bridgehead atoms. The first-order valence-electron chi connectivity index (χ1n) is 9.30. The summed E-state index contributed by atoms with van der Waals surface area (Å²) in [4.78, 5) is 17.0. The van der Waals surface area contributed by atoms with Crippen molar-refractivity contribution in [2.45, 2.75) is 45.6 Å². The van der Waals surface area contributed by atoms with Crippen molar-refractivity contribution in [3.05, 3.63) is 23.5 Å². The van der Waals surface area contributed by atoms with Crippen molar-refractivity contribution < 1.29 is 4.79 Å². The molecule has 2 heterocycles. The van der Waals surface area contributed by atoms with Crippen LogP contribution >= 0.6 is 0 Å². The highest BCUT2D eigenvalue weighted by atomic mass is 16.2. The van der Waals surface area contributed by atoms with Crippen molar-refractivity contribution in [3.63, 3.8) is 0 Å². The van der Waals surface area contributed by atoms with Gasteiger partial charge in [-0.15, -0.1) is 0 Å². The third-order valence-electron chi connectivity index (χ3n) is 5.62. The molecule has 7 heteroatoms. The average Bonchev–Trinajstić information content (AvgIpc) is 3.51. The van der Waals surface area contributed by atoms with Crippen LogP contribution in [-0.4, -0.2) is 27.1 Å². The van der Waals surface area contributed by atoms with Crippen molar-refractivity contribution in [1.82, 2.24) is 15.2 Å². The molecule has 26 heavy (non-hydrogen) atoms. The number of anilines is 2. The van der Waals surface area contributed by atoms with E-state index in [1.54, 1.807) is 6.07 Å². The van der Waals surface area contributed by atoms with Gasteiger partial charge in [0.25, 0.3) is 0 Å². The fraction of sp³-hybridized carbons (Fsp3) is 0.526. The predicted octanol–water partition coefficient (Wildman–Crippen LogP) is 2.37. The summed E-state index contributed by atoms with van der Waals surface area (Å²) in [5, 5.41) is 10.00. The molecular weight excluding hydrogens is 328 g/mol. The zero-order valence-corrected chi connectivity index (χ0v) is 15.2. The average molecular weight is 354 g/mol. The Balaban J connectivity index is 1.50. The van der Waals surface area contributed by atoms with Gasteiger partial charge in [0, 0.05) is 16.8 Å². The van der Waals surface area contributed by atoms with Gasteiger partial charge >= 0.3 is 0 Å². The lowest BCUT2D eigenvalue weighted by Crippen LogP contribution is -2.43. The number of nitrogens with zero attached hydrogens (tertiary/aromatic N) is 2. The number of amides is 1. The van der Waals surface area contributed by atoms with E-state index < -0.39 is 6.04 Å². The van der Waals surface area contributed by atoms with Crippen LogP contribution < -0.4 is 16.8 Å². The number of carbonyl (C=O) groups is 1. The second-order valence-corrected chi connectivity index (χ2v) is 7.71. The summed E-state index contributed by atoms with van der Waals surface area (Å²) in [6.45, 7) is 3.86. The molecule has 2 aromatic rings. The Morgan fingerprint density at radius 3 is 2.38 bits per heavy atom. The maximum atomic E-state index is 12.6. The largest absolute Gasteiger partial charge is 0.383 e. The van der Waals surface area contributed by atoms with Crippen LogP contribution in [0.5, 0.6) is 0 Å². The standard InChI is InChI=1S/C19H26N6O/c1-9-15(10(2)25-24-9)13-7-8-14(22-18(13)21)23-19(26)17(20)16(11-3-4-11)12-5-6-12/h7-8,11-12,16-17H,3-6,20H2,1-2H3,(H,24,25)(H3,21,22,23,26)/t17-/m0/s1. The summed E-state index contributed by atoms with van der Waals surface area (Å²) in [5.74, 6) is 2.19. The molecule has 1 atom stereocenters. The number of pyridine rings is 1. The molecule has 0 aromatic carbocycles. The Morgan fingerprint density at radius 2 is 1.88 bits per heavy atom. The van der Waals surface area contributed by atoms with Crippen molar-refractivity contribution >= 4 is 17.5 Å². The van der Waals surface area contributed by atoms with Gasteiger partial charge in [-0.1, -0.05) is 0 Å². The van der Waals surface area contributed by atoms with Crippen molar-refractivity contribution in [1.29, 1.82) is 0 Å². The number of nitrogen functional groups attached to an aromatic ring is 1. The van der Waals surface area contributed by atoms with E-state index in [2.05, 4.69) is 20.5 Å². The highest BCUT2D eigenvalue weighted by Gasteiger charge is 2.46. The number of aryl methyl sites for hydroxylation is 2. The van der Waals surface area contributed by atoms with Crippen LogP contribution in [-0.2, 0) is 4.79 Å². The van der Waals surface area contributed by atoms with Gasteiger partial charge in [-0.3, -0.25) is 9.89 Å². The summed E-state index contributed by atoms with van der Waals surface area (Å²) in [6, 6.07) is 3.16. The van der Waals surface area contributed by atoms with Crippen molar-refractivity contribution in [2.75, 3.05) is 11.1 Å². The number of hydrogen-bond donors (Lipinski definition) is 4. The highest BCUT2D eigenvalue weighted by molar-refractivity contribution is 5.94. The summed E-state index contributed by atoms with van der Waals surface area (Å²) >= 11 is 0. The molecule has 7 nitrogen and oxygen atoms in total. The van der Waals surface area contributed by atoms with Crippen LogP contribution in [0.25, 0.3) is 11.1 Å². The van der Waals surface area contributed by atoms with E-state index in [4.69, 9.17) is 11.5 Å². The third-order valence-corrected chi connectivity index (χ3v) is 5.62. The van der Waals surface area contributed by atoms with E-state index >= 15 is 0 Å². The van der Waals surface area contributed by atoms with Crippen LogP contribution in [0.15, 0.2) is 12.1 Å². The number of aromatic amines is 1. The minimum atomic E-state index is -0.476. The number of H-pyrrole nitrogens is 1. The molecule has 2 aromatic heterocycles. The first-order chi connectivity index (χ1) is 12.5. The lowest BCUT2D eigenvalue weighted by molar-refractivity contribution is -0.118. The van der Waals surface area contributed by atoms with Crippen LogP contribution in [0.3, 0.4) is 0 Å². The fourth-order valence-corrected chi connectivity index (χ4v) is 4.02. The highest BCUT2D eigenvalue weighted by Crippen LogP contribution is 2.50. The zero-order chi connectivity index (χ0) is 18.4. The second-order valence-electron chi connectivity index (χ2n) is 7.71. The molecule has 0 radical (unpaired) electrons. The molecule has 0 aliphatic heterocycles. The number of carbonyl (C=O) groups excluding carboxylic acids is 1. The molecule has 2 aliphatic carbocycles. The first kappa shape index (κ1) is 17.0. The van der Waals surface area contributed by atoms with Gasteiger partial charge < -0.3 is 16.8 Å². The fourth-order valence-electron chi connectivity index (χ4n) is 4.02. The molecule has 0 spiro atoms. The smallest absolute Gasteiger partial charge is 0.242 e. The van der Waals surface area contributed by atoms with Gasteiger partial charge in [0.05, 0.1) is 11.7 Å². The minimum Gasteiger partial charge on any atom is -0.383 e. The van der Waals surface area contributed by atoms with Crippen LogP contribution in [0.4, 0.5) is 11.6 Å². The van der Waals surface area contributed by atoms with E-state index in [1.807, 2.05) is 19.9 Å². The molecule has 0 saturated heterocycles. The maximum Gasteiger partial charge on any atom is 0.242 e. The molecule has 1 amide bonds. The lowest BCUT2D eigenvalue weighted by Gasteiger charge is -2.22.